The van der Waals surface area contributed by atoms with E-state index < -0.39 is 26.7 Å². The van der Waals surface area contributed by atoms with Crippen LogP contribution in [0.1, 0.15) is 22.8 Å². The molecule has 0 aliphatic heterocycles. The Morgan fingerprint density at radius 2 is 1.70 bits per heavy atom. The van der Waals surface area contributed by atoms with E-state index in [1.165, 1.54) is 25.3 Å². The number of anilines is 1. The fourth-order valence-electron chi connectivity index (χ4n) is 3.73. The van der Waals surface area contributed by atoms with Crippen LogP contribution >= 0.6 is 11.6 Å². The SMILES string of the molecule is CCc1ccc(S(=O)(=O)O)c(N=Nc2c(O)c(C(=O)Nc3ccc(OC)cc3)cc3ccccc23)c1Cl. The van der Waals surface area contributed by atoms with Crippen molar-refractivity contribution in [3.05, 3.63) is 82.9 Å². The molecular formula is C26H22ClN3O6S. The van der Waals surface area contributed by atoms with Crippen LogP contribution in [0, 0.1) is 0 Å². The lowest BCUT2D eigenvalue weighted by Gasteiger charge is -2.12. The fourth-order valence-corrected chi connectivity index (χ4v) is 4.75. The molecule has 0 aromatic heterocycles. The Hall–Kier alpha value is -3.99. The van der Waals surface area contributed by atoms with Crippen LogP contribution in [0.4, 0.5) is 17.1 Å². The van der Waals surface area contributed by atoms with Crippen molar-refractivity contribution < 1.29 is 27.6 Å². The van der Waals surface area contributed by atoms with Crippen LogP contribution in [0.25, 0.3) is 10.8 Å². The maximum Gasteiger partial charge on any atom is 0.296 e. The zero-order chi connectivity index (χ0) is 26.7. The summed E-state index contributed by atoms with van der Waals surface area (Å²) in [6.07, 6.45) is 0.475. The van der Waals surface area contributed by atoms with Crippen molar-refractivity contribution in [1.29, 1.82) is 0 Å². The molecule has 9 nitrogen and oxygen atoms in total. The monoisotopic (exact) mass is 539 g/mol. The summed E-state index contributed by atoms with van der Waals surface area (Å²) in [7, 11) is -3.14. The average Bonchev–Trinajstić information content (AvgIpc) is 2.88. The van der Waals surface area contributed by atoms with Crippen molar-refractivity contribution in [3.8, 4) is 11.5 Å². The van der Waals surface area contributed by atoms with Gasteiger partial charge in [-0.05, 0) is 53.8 Å². The summed E-state index contributed by atoms with van der Waals surface area (Å²) in [5.74, 6) is -0.455. The van der Waals surface area contributed by atoms with Gasteiger partial charge in [-0.2, -0.15) is 8.42 Å². The first-order chi connectivity index (χ1) is 17.6. The second kappa shape index (κ2) is 10.6. The van der Waals surface area contributed by atoms with Gasteiger partial charge in [-0.1, -0.05) is 48.9 Å². The Kier molecular flexibility index (Phi) is 7.44. The fraction of sp³-hybridized carbons (Fsp3) is 0.115. The van der Waals surface area contributed by atoms with E-state index in [1.807, 2.05) is 6.92 Å². The number of carbonyl (C=O) groups is 1. The summed E-state index contributed by atoms with van der Waals surface area (Å²) >= 11 is 6.37. The van der Waals surface area contributed by atoms with Gasteiger partial charge >= 0.3 is 0 Å². The van der Waals surface area contributed by atoms with Crippen molar-refractivity contribution in [3.63, 3.8) is 0 Å². The molecular weight excluding hydrogens is 518 g/mol. The Bertz CT molecular complexity index is 1640. The normalized spacial score (nSPS) is 11.7. The van der Waals surface area contributed by atoms with E-state index in [9.17, 15) is 22.9 Å². The molecule has 0 saturated carbocycles. The highest BCUT2D eigenvalue weighted by molar-refractivity contribution is 7.86. The molecule has 4 rings (SSSR count). The van der Waals surface area contributed by atoms with Gasteiger partial charge < -0.3 is 15.2 Å². The highest BCUT2D eigenvalue weighted by atomic mass is 35.5. The summed E-state index contributed by atoms with van der Waals surface area (Å²) in [5.41, 5.74) is 0.636. The number of rotatable bonds is 7. The number of phenolic OH excluding ortho intramolecular Hbond substituents is 1. The third kappa shape index (κ3) is 5.41. The third-order valence-electron chi connectivity index (χ3n) is 5.66. The predicted molar refractivity (Wildman–Crippen MR) is 141 cm³/mol. The Morgan fingerprint density at radius 3 is 2.35 bits per heavy atom. The smallest absolute Gasteiger partial charge is 0.296 e. The van der Waals surface area contributed by atoms with E-state index in [-0.39, 0.29) is 22.0 Å². The number of nitrogens with one attached hydrogen (secondary N) is 1. The molecule has 0 atom stereocenters. The van der Waals surface area contributed by atoms with E-state index in [0.717, 1.165) is 0 Å². The number of aromatic hydroxyl groups is 1. The summed E-state index contributed by atoms with van der Waals surface area (Å²) in [6.45, 7) is 1.82. The molecule has 0 fully saturated rings. The molecule has 4 aromatic carbocycles. The number of amides is 1. The first-order valence-corrected chi connectivity index (χ1v) is 12.9. The molecule has 4 aromatic rings. The van der Waals surface area contributed by atoms with Gasteiger partial charge in [0.1, 0.15) is 22.0 Å². The minimum absolute atomic E-state index is 0.00132. The van der Waals surface area contributed by atoms with E-state index in [1.54, 1.807) is 48.5 Å². The number of hydrogen-bond donors (Lipinski definition) is 3. The number of carbonyl (C=O) groups excluding carboxylic acids is 1. The van der Waals surface area contributed by atoms with Crippen molar-refractivity contribution in [2.75, 3.05) is 12.4 Å². The number of phenols is 1. The van der Waals surface area contributed by atoms with Gasteiger partial charge in [-0.15, -0.1) is 10.2 Å². The molecule has 0 saturated heterocycles. The average molecular weight is 540 g/mol. The van der Waals surface area contributed by atoms with E-state index in [0.29, 0.717) is 34.2 Å². The predicted octanol–water partition coefficient (Wildman–Crippen LogP) is 6.68. The molecule has 0 aliphatic rings. The molecule has 0 spiro atoms. The molecule has 0 unspecified atom stereocenters. The van der Waals surface area contributed by atoms with Crippen LogP contribution in [0.3, 0.4) is 0 Å². The van der Waals surface area contributed by atoms with Crippen LogP contribution in [-0.2, 0) is 16.5 Å². The van der Waals surface area contributed by atoms with E-state index >= 15 is 0 Å². The number of ether oxygens (including phenoxy) is 1. The number of benzene rings is 4. The molecule has 0 bridgehead atoms. The topological polar surface area (TPSA) is 138 Å². The van der Waals surface area contributed by atoms with Crippen molar-refractivity contribution in [2.24, 2.45) is 10.2 Å². The maximum absolute atomic E-state index is 13.1. The van der Waals surface area contributed by atoms with Crippen LogP contribution in [0.5, 0.6) is 11.5 Å². The number of methoxy groups -OCH3 is 1. The third-order valence-corrected chi connectivity index (χ3v) is 6.96. The van der Waals surface area contributed by atoms with Gasteiger partial charge in [0.25, 0.3) is 16.0 Å². The van der Waals surface area contributed by atoms with Gasteiger partial charge in [0.05, 0.1) is 17.7 Å². The quantitative estimate of drug-likeness (QED) is 0.177. The first-order valence-electron chi connectivity index (χ1n) is 11.0. The zero-order valence-electron chi connectivity index (χ0n) is 19.8. The number of nitrogens with zero attached hydrogens (tertiary/aromatic N) is 2. The number of halogens is 1. The Morgan fingerprint density at radius 1 is 1.03 bits per heavy atom. The number of fused-ring (bicyclic) bond motifs is 1. The van der Waals surface area contributed by atoms with Gasteiger partial charge in [-0.3, -0.25) is 9.35 Å². The zero-order valence-corrected chi connectivity index (χ0v) is 21.3. The first kappa shape index (κ1) is 26.1. The maximum atomic E-state index is 13.1. The summed E-state index contributed by atoms with van der Waals surface area (Å²) in [6, 6.07) is 17.7. The van der Waals surface area contributed by atoms with Crippen molar-refractivity contribution in [1.82, 2.24) is 0 Å². The highest BCUT2D eigenvalue weighted by Crippen LogP contribution is 2.42. The van der Waals surface area contributed by atoms with Gasteiger partial charge in [0, 0.05) is 11.1 Å². The van der Waals surface area contributed by atoms with Crippen LogP contribution in [0.15, 0.2) is 81.9 Å². The lowest BCUT2D eigenvalue weighted by atomic mass is 10.0. The summed E-state index contributed by atoms with van der Waals surface area (Å²) in [4.78, 5) is 12.5. The molecule has 0 aliphatic carbocycles. The van der Waals surface area contributed by atoms with E-state index in [4.69, 9.17) is 16.3 Å². The minimum Gasteiger partial charge on any atom is -0.505 e. The lowest BCUT2D eigenvalue weighted by molar-refractivity contribution is 0.102. The number of azo groups is 1. The van der Waals surface area contributed by atoms with E-state index in [2.05, 4.69) is 15.5 Å². The van der Waals surface area contributed by atoms with Crippen LogP contribution < -0.4 is 10.1 Å². The molecule has 0 radical (unpaired) electrons. The number of hydrogen-bond acceptors (Lipinski definition) is 7. The lowest BCUT2D eigenvalue weighted by Crippen LogP contribution is -2.12. The highest BCUT2D eigenvalue weighted by Gasteiger charge is 2.22. The molecule has 0 heterocycles. The van der Waals surface area contributed by atoms with Gasteiger partial charge in [0.15, 0.2) is 5.75 Å². The Balaban J connectivity index is 1.83. The molecule has 1 amide bonds. The van der Waals surface area contributed by atoms with Crippen molar-refractivity contribution >= 4 is 55.5 Å². The largest absolute Gasteiger partial charge is 0.505 e. The summed E-state index contributed by atoms with van der Waals surface area (Å²) < 4.78 is 38.7. The standard InChI is InChI=1S/C26H22ClN3O6S/c1-3-15-8-13-21(37(33,34)35)24(22(15)27)30-29-23-19-7-5-4-6-16(19)14-20(25(23)31)26(32)28-17-9-11-18(36-2)12-10-17/h4-14,31H,3H2,1-2H3,(H,28,32)(H,33,34,35). The van der Waals surface area contributed by atoms with Gasteiger partial charge in [-0.25, -0.2) is 0 Å². The Labute approximate surface area is 218 Å². The van der Waals surface area contributed by atoms with Gasteiger partial charge in [0.2, 0.25) is 0 Å². The van der Waals surface area contributed by atoms with Crippen LogP contribution in [0.2, 0.25) is 5.02 Å². The molecule has 11 heteroatoms. The molecule has 190 valence electrons. The second-order valence-electron chi connectivity index (χ2n) is 7.94. The second-order valence-corrected chi connectivity index (χ2v) is 9.71. The molecule has 3 N–H and O–H groups in total. The number of aryl methyl sites for hydroxylation is 1. The van der Waals surface area contributed by atoms with Crippen molar-refractivity contribution in [2.45, 2.75) is 18.2 Å². The summed E-state index contributed by atoms with van der Waals surface area (Å²) in [5, 5.41) is 22.9. The minimum atomic E-state index is -4.67. The van der Waals surface area contributed by atoms with Crippen LogP contribution in [-0.4, -0.2) is 31.1 Å². The molecule has 37 heavy (non-hydrogen) atoms.